The van der Waals surface area contributed by atoms with Gasteiger partial charge in [-0.2, -0.15) is 0 Å². The third-order valence-corrected chi connectivity index (χ3v) is 5.18. The molecule has 5 heteroatoms. The number of hydrogen-bond donors (Lipinski definition) is 2. The summed E-state index contributed by atoms with van der Waals surface area (Å²) in [6.07, 6.45) is 6.47. The van der Waals surface area contributed by atoms with Crippen LogP contribution in [-0.2, 0) is 0 Å². The number of nitrogens with zero attached hydrogens (tertiary/aromatic N) is 1. The Kier molecular flexibility index (Phi) is 4.84. The molecule has 1 saturated carbocycles. The maximum absolute atomic E-state index is 12.4. The van der Waals surface area contributed by atoms with Gasteiger partial charge in [-0.3, -0.25) is 4.79 Å². The first kappa shape index (κ1) is 15.8. The van der Waals surface area contributed by atoms with Crippen LogP contribution >= 0.6 is 0 Å². The van der Waals surface area contributed by atoms with Crippen LogP contribution in [0.15, 0.2) is 24.3 Å². The average Bonchev–Trinajstić information content (AvgIpc) is 3.25. The highest BCUT2D eigenvalue weighted by molar-refractivity contribution is 5.96. The van der Waals surface area contributed by atoms with E-state index in [-0.39, 0.29) is 11.9 Å². The Morgan fingerprint density at radius 1 is 1.13 bits per heavy atom. The van der Waals surface area contributed by atoms with Gasteiger partial charge >= 0.3 is 6.03 Å². The Morgan fingerprint density at radius 3 is 2.65 bits per heavy atom. The summed E-state index contributed by atoms with van der Waals surface area (Å²) in [5, 5.41) is 5.51. The molecule has 0 spiro atoms. The van der Waals surface area contributed by atoms with Crippen LogP contribution < -0.4 is 10.6 Å². The van der Waals surface area contributed by atoms with E-state index in [1.807, 2.05) is 11.0 Å². The van der Waals surface area contributed by atoms with Gasteiger partial charge in [0.25, 0.3) is 5.91 Å². The first-order valence-corrected chi connectivity index (χ1v) is 8.55. The summed E-state index contributed by atoms with van der Waals surface area (Å²) in [7, 11) is 1.60. The molecule has 1 aliphatic heterocycles. The highest BCUT2D eigenvalue weighted by atomic mass is 16.2. The molecule has 1 atom stereocenters. The molecule has 124 valence electrons. The molecule has 2 N–H and O–H groups in total. The summed E-state index contributed by atoms with van der Waals surface area (Å²) >= 11 is 0. The Bertz CT molecular complexity index is 581. The first-order valence-electron chi connectivity index (χ1n) is 8.55. The zero-order valence-corrected chi connectivity index (χ0v) is 13.7. The van der Waals surface area contributed by atoms with Crippen molar-refractivity contribution in [1.29, 1.82) is 0 Å². The van der Waals surface area contributed by atoms with E-state index in [1.54, 1.807) is 25.2 Å². The fraction of sp³-hybridized carbons (Fsp3) is 0.556. The van der Waals surface area contributed by atoms with E-state index in [0.717, 1.165) is 25.4 Å². The number of anilines is 1. The largest absolute Gasteiger partial charge is 0.355 e. The smallest absolute Gasteiger partial charge is 0.321 e. The van der Waals surface area contributed by atoms with E-state index >= 15 is 0 Å². The number of rotatable bonds is 3. The molecule has 1 aromatic carbocycles. The molecule has 5 nitrogen and oxygen atoms in total. The number of carbonyl (C=O) groups excluding carboxylic acids is 2. The lowest BCUT2D eigenvalue weighted by atomic mass is 9.90. The normalized spacial score (nSPS) is 21.4. The van der Waals surface area contributed by atoms with E-state index in [1.165, 1.54) is 25.7 Å². The maximum Gasteiger partial charge on any atom is 0.321 e. The van der Waals surface area contributed by atoms with Gasteiger partial charge in [0.1, 0.15) is 0 Å². The zero-order chi connectivity index (χ0) is 16.2. The molecule has 1 unspecified atom stereocenters. The van der Waals surface area contributed by atoms with Crippen LogP contribution in [0.2, 0.25) is 0 Å². The molecular weight excluding hydrogens is 290 g/mol. The van der Waals surface area contributed by atoms with Gasteiger partial charge in [0.05, 0.1) is 0 Å². The summed E-state index contributed by atoms with van der Waals surface area (Å²) in [6.45, 7) is 1.70. The lowest BCUT2D eigenvalue weighted by Gasteiger charge is -2.20. The van der Waals surface area contributed by atoms with Crippen molar-refractivity contribution < 1.29 is 9.59 Å². The van der Waals surface area contributed by atoms with E-state index in [2.05, 4.69) is 10.6 Å². The quantitative estimate of drug-likeness (QED) is 0.900. The minimum Gasteiger partial charge on any atom is -0.355 e. The monoisotopic (exact) mass is 315 g/mol. The molecular formula is C18H25N3O2. The third-order valence-electron chi connectivity index (χ3n) is 5.18. The van der Waals surface area contributed by atoms with Gasteiger partial charge in [-0.1, -0.05) is 31.7 Å². The van der Waals surface area contributed by atoms with E-state index in [4.69, 9.17) is 0 Å². The number of carbonyl (C=O) groups is 2. The molecule has 3 amide bonds. The van der Waals surface area contributed by atoms with Crippen molar-refractivity contribution in [2.24, 2.45) is 11.8 Å². The zero-order valence-electron chi connectivity index (χ0n) is 13.7. The molecule has 23 heavy (non-hydrogen) atoms. The van der Waals surface area contributed by atoms with Gasteiger partial charge in [-0.15, -0.1) is 0 Å². The second kappa shape index (κ2) is 7.02. The van der Waals surface area contributed by atoms with Crippen molar-refractivity contribution in [2.45, 2.75) is 32.1 Å². The molecule has 1 aromatic rings. The van der Waals surface area contributed by atoms with Crippen molar-refractivity contribution in [2.75, 3.05) is 25.5 Å². The molecule has 3 rings (SSSR count). The van der Waals surface area contributed by atoms with Crippen LogP contribution in [0.3, 0.4) is 0 Å². The predicted octanol–water partition coefficient (Wildman–Crippen LogP) is 3.09. The lowest BCUT2D eigenvalue weighted by molar-refractivity contribution is 0.0963. The highest BCUT2D eigenvalue weighted by Crippen LogP contribution is 2.36. The molecule has 2 fully saturated rings. The predicted molar refractivity (Wildman–Crippen MR) is 90.5 cm³/mol. The van der Waals surface area contributed by atoms with Gasteiger partial charge < -0.3 is 15.5 Å². The summed E-state index contributed by atoms with van der Waals surface area (Å²) in [5.74, 6) is 1.33. The average molecular weight is 315 g/mol. The maximum atomic E-state index is 12.4. The van der Waals surface area contributed by atoms with Crippen LogP contribution in [0, 0.1) is 11.8 Å². The Labute approximate surface area is 137 Å². The number of amides is 3. The van der Waals surface area contributed by atoms with Crippen LogP contribution in [-0.4, -0.2) is 37.0 Å². The number of likely N-dealkylation sites (tertiary alicyclic amines) is 1. The standard InChI is InChI=1S/C18H25N3O2/c1-19-17(22)14-7-4-8-16(11-14)20-18(23)21-10-9-15(12-21)13-5-2-3-6-13/h4,7-8,11,13,15H,2-3,5-6,9-10,12H2,1H3,(H,19,22)(H,20,23). The van der Waals surface area contributed by atoms with Crippen LogP contribution in [0.1, 0.15) is 42.5 Å². The number of urea groups is 1. The lowest BCUT2D eigenvalue weighted by Crippen LogP contribution is -2.33. The van der Waals surface area contributed by atoms with Gasteiger partial charge in [-0.25, -0.2) is 4.79 Å². The fourth-order valence-corrected chi connectivity index (χ4v) is 3.87. The highest BCUT2D eigenvalue weighted by Gasteiger charge is 2.33. The topological polar surface area (TPSA) is 61.4 Å². The van der Waals surface area contributed by atoms with E-state index < -0.39 is 0 Å². The second-order valence-corrected chi connectivity index (χ2v) is 6.63. The van der Waals surface area contributed by atoms with Gasteiger partial charge in [0.15, 0.2) is 0 Å². The van der Waals surface area contributed by atoms with E-state index in [9.17, 15) is 9.59 Å². The van der Waals surface area contributed by atoms with E-state index in [0.29, 0.717) is 17.2 Å². The molecule has 1 heterocycles. The minimum absolute atomic E-state index is 0.0560. The van der Waals surface area contributed by atoms with Gasteiger partial charge in [-0.05, 0) is 36.5 Å². The Morgan fingerprint density at radius 2 is 1.91 bits per heavy atom. The second-order valence-electron chi connectivity index (χ2n) is 6.63. The molecule has 0 bridgehead atoms. The Hall–Kier alpha value is -2.04. The summed E-state index contributed by atoms with van der Waals surface area (Å²) in [5.41, 5.74) is 1.22. The number of nitrogens with one attached hydrogen (secondary N) is 2. The third kappa shape index (κ3) is 3.66. The number of hydrogen-bond acceptors (Lipinski definition) is 2. The van der Waals surface area contributed by atoms with Crippen molar-refractivity contribution in [3.63, 3.8) is 0 Å². The van der Waals surface area contributed by atoms with Gasteiger partial charge in [0.2, 0.25) is 0 Å². The molecule has 1 saturated heterocycles. The first-order chi connectivity index (χ1) is 11.2. The number of benzene rings is 1. The van der Waals surface area contributed by atoms with Crippen LogP contribution in [0.25, 0.3) is 0 Å². The summed E-state index contributed by atoms with van der Waals surface area (Å²) in [6, 6.07) is 6.99. The van der Waals surface area contributed by atoms with Crippen molar-refractivity contribution in [3.05, 3.63) is 29.8 Å². The summed E-state index contributed by atoms with van der Waals surface area (Å²) < 4.78 is 0. The van der Waals surface area contributed by atoms with Crippen molar-refractivity contribution in [1.82, 2.24) is 10.2 Å². The molecule has 2 aliphatic rings. The molecule has 0 radical (unpaired) electrons. The molecule has 1 aliphatic carbocycles. The van der Waals surface area contributed by atoms with Crippen LogP contribution in [0.4, 0.5) is 10.5 Å². The molecule has 0 aromatic heterocycles. The van der Waals surface area contributed by atoms with Crippen molar-refractivity contribution >= 4 is 17.6 Å². The fourth-order valence-electron chi connectivity index (χ4n) is 3.87. The van der Waals surface area contributed by atoms with Gasteiger partial charge in [0, 0.05) is 31.4 Å². The Balaban J connectivity index is 1.58. The van der Waals surface area contributed by atoms with Crippen molar-refractivity contribution in [3.8, 4) is 0 Å². The SMILES string of the molecule is CNC(=O)c1cccc(NC(=O)N2CCC(C3CCCC3)C2)c1. The minimum atomic E-state index is -0.149. The summed E-state index contributed by atoms with van der Waals surface area (Å²) in [4.78, 5) is 26.0. The van der Waals surface area contributed by atoms with Crippen LogP contribution in [0.5, 0.6) is 0 Å².